The molecule has 1 aliphatic carbocycles. The number of anilines is 2. The fourth-order valence-corrected chi connectivity index (χ4v) is 1.74. The van der Waals surface area contributed by atoms with Crippen molar-refractivity contribution >= 4 is 11.6 Å². The zero-order chi connectivity index (χ0) is 12.1. The molecule has 1 aromatic heterocycles. The smallest absolute Gasteiger partial charge is 0.132 e. The fraction of sp³-hybridized carbons (Fsp3) is 0.583. The average Bonchev–Trinajstić information content (AvgIpc) is 2.23. The largest absolute Gasteiger partial charge is 0.369 e. The van der Waals surface area contributed by atoms with Crippen LogP contribution in [0.25, 0.3) is 0 Å². The van der Waals surface area contributed by atoms with Crippen LogP contribution < -0.4 is 10.6 Å². The Balaban J connectivity index is 1.98. The van der Waals surface area contributed by atoms with Gasteiger partial charge in [0, 0.05) is 18.7 Å². The van der Waals surface area contributed by atoms with E-state index in [0.29, 0.717) is 19.0 Å². The fourth-order valence-electron chi connectivity index (χ4n) is 1.74. The number of nitrogens with zero attached hydrogens (tertiary/aromatic N) is 3. The lowest BCUT2D eigenvalue weighted by Crippen LogP contribution is -2.27. The van der Waals surface area contributed by atoms with Crippen molar-refractivity contribution in [1.82, 2.24) is 9.97 Å². The number of hydrogen-bond donors (Lipinski definition) is 2. The van der Waals surface area contributed by atoms with Gasteiger partial charge in [-0.05, 0) is 26.2 Å². The van der Waals surface area contributed by atoms with E-state index < -0.39 is 0 Å². The van der Waals surface area contributed by atoms with Gasteiger partial charge < -0.3 is 10.6 Å². The van der Waals surface area contributed by atoms with Crippen molar-refractivity contribution in [3.8, 4) is 6.07 Å². The summed E-state index contributed by atoms with van der Waals surface area (Å²) in [5, 5.41) is 15.0. The molecule has 0 aliphatic heterocycles. The highest BCUT2D eigenvalue weighted by Crippen LogP contribution is 2.23. The average molecular weight is 231 g/mol. The molecule has 0 radical (unpaired) electrons. The van der Waals surface area contributed by atoms with Crippen molar-refractivity contribution in [1.29, 1.82) is 5.26 Å². The van der Waals surface area contributed by atoms with Gasteiger partial charge in [-0.2, -0.15) is 5.26 Å². The van der Waals surface area contributed by atoms with Crippen molar-refractivity contribution in [3.63, 3.8) is 0 Å². The van der Waals surface area contributed by atoms with Crippen LogP contribution in [0.1, 0.15) is 31.5 Å². The molecular weight excluding hydrogens is 214 g/mol. The second-order valence-electron chi connectivity index (χ2n) is 4.29. The van der Waals surface area contributed by atoms with Crippen LogP contribution in [0.4, 0.5) is 11.6 Å². The molecule has 17 heavy (non-hydrogen) atoms. The predicted octanol–water partition coefficient (Wildman–Crippen LogP) is 2.07. The second-order valence-corrected chi connectivity index (χ2v) is 4.29. The minimum absolute atomic E-state index is 0.481. The molecule has 0 aromatic carbocycles. The van der Waals surface area contributed by atoms with Crippen LogP contribution in [0.5, 0.6) is 0 Å². The first kappa shape index (κ1) is 11.6. The molecule has 0 saturated heterocycles. The summed E-state index contributed by atoms with van der Waals surface area (Å²) in [6, 6.07) is 4.57. The third-order valence-corrected chi connectivity index (χ3v) is 2.84. The molecule has 5 nitrogen and oxygen atoms in total. The van der Waals surface area contributed by atoms with E-state index in [0.717, 1.165) is 17.5 Å². The standard InChI is InChI=1S/C12H17N5/c1-9-15-11(14-7-3-6-13)8-12(16-9)17-10-4-2-5-10/h8,10H,2-5,7H2,1H3,(H2,14,15,16,17). The summed E-state index contributed by atoms with van der Waals surface area (Å²) in [6.07, 6.45) is 4.23. The predicted molar refractivity (Wildman–Crippen MR) is 66.8 cm³/mol. The molecule has 1 saturated carbocycles. The van der Waals surface area contributed by atoms with Gasteiger partial charge in [-0.15, -0.1) is 0 Å². The first-order valence-electron chi connectivity index (χ1n) is 6.01. The van der Waals surface area contributed by atoms with Crippen LogP contribution in [0.3, 0.4) is 0 Å². The zero-order valence-electron chi connectivity index (χ0n) is 10.0. The maximum Gasteiger partial charge on any atom is 0.132 e. The Bertz CT molecular complexity index is 419. The lowest BCUT2D eigenvalue weighted by molar-refractivity contribution is 0.444. The number of aromatic nitrogens is 2. The number of rotatable bonds is 5. The van der Waals surface area contributed by atoms with Crippen LogP contribution in [-0.4, -0.2) is 22.6 Å². The number of nitriles is 1. The van der Waals surface area contributed by atoms with Crippen molar-refractivity contribution in [2.45, 2.75) is 38.6 Å². The van der Waals surface area contributed by atoms with E-state index >= 15 is 0 Å². The molecular formula is C12H17N5. The van der Waals surface area contributed by atoms with Gasteiger partial charge in [0.25, 0.3) is 0 Å². The molecule has 1 aromatic rings. The van der Waals surface area contributed by atoms with Gasteiger partial charge in [-0.1, -0.05) is 0 Å². The van der Waals surface area contributed by atoms with Gasteiger partial charge in [0.05, 0.1) is 12.5 Å². The van der Waals surface area contributed by atoms with Crippen molar-refractivity contribution < 1.29 is 0 Å². The van der Waals surface area contributed by atoms with Crippen molar-refractivity contribution in [3.05, 3.63) is 11.9 Å². The summed E-state index contributed by atoms with van der Waals surface area (Å²) >= 11 is 0. The highest BCUT2D eigenvalue weighted by molar-refractivity contribution is 5.48. The van der Waals surface area contributed by atoms with Crippen LogP contribution in [-0.2, 0) is 0 Å². The molecule has 5 heteroatoms. The zero-order valence-corrected chi connectivity index (χ0v) is 10.0. The summed E-state index contributed by atoms with van der Waals surface area (Å²) in [6.45, 7) is 2.50. The topological polar surface area (TPSA) is 73.6 Å². The number of aryl methyl sites for hydroxylation is 1. The van der Waals surface area contributed by atoms with Crippen molar-refractivity contribution in [2.75, 3.05) is 17.2 Å². The summed E-state index contributed by atoms with van der Waals surface area (Å²) < 4.78 is 0. The number of hydrogen-bond acceptors (Lipinski definition) is 5. The number of nitrogens with one attached hydrogen (secondary N) is 2. The Morgan fingerprint density at radius 2 is 2.18 bits per heavy atom. The molecule has 1 fully saturated rings. The first-order chi connectivity index (χ1) is 8.28. The molecule has 0 atom stereocenters. The molecule has 0 bridgehead atoms. The first-order valence-corrected chi connectivity index (χ1v) is 6.01. The van der Waals surface area contributed by atoms with Gasteiger partial charge in [0.1, 0.15) is 17.5 Å². The van der Waals surface area contributed by atoms with Gasteiger partial charge >= 0.3 is 0 Å². The maximum absolute atomic E-state index is 8.48. The quantitative estimate of drug-likeness (QED) is 0.759. The van der Waals surface area contributed by atoms with E-state index in [-0.39, 0.29) is 0 Å². The molecule has 0 unspecified atom stereocenters. The highest BCUT2D eigenvalue weighted by Gasteiger charge is 2.17. The van der Waals surface area contributed by atoms with Gasteiger partial charge in [-0.3, -0.25) is 0 Å². The summed E-state index contributed by atoms with van der Waals surface area (Å²) in [4.78, 5) is 8.64. The van der Waals surface area contributed by atoms with Gasteiger partial charge in [-0.25, -0.2) is 9.97 Å². The van der Waals surface area contributed by atoms with E-state index in [1.807, 2.05) is 13.0 Å². The Hall–Kier alpha value is -1.83. The Morgan fingerprint density at radius 3 is 2.82 bits per heavy atom. The highest BCUT2D eigenvalue weighted by atomic mass is 15.1. The Labute approximate surface area is 101 Å². The van der Waals surface area contributed by atoms with Crippen LogP contribution in [0, 0.1) is 18.3 Å². The van der Waals surface area contributed by atoms with E-state index in [9.17, 15) is 0 Å². The summed E-state index contributed by atoms with van der Waals surface area (Å²) in [5.74, 6) is 2.41. The van der Waals surface area contributed by atoms with Gasteiger partial charge in [0.15, 0.2) is 0 Å². The third kappa shape index (κ3) is 3.31. The molecule has 90 valence electrons. The SMILES string of the molecule is Cc1nc(NCCC#N)cc(NC2CCC2)n1. The summed E-state index contributed by atoms with van der Waals surface area (Å²) in [7, 11) is 0. The molecule has 1 heterocycles. The lowest BCUT2D eigenvalue weighted by atomic mass is 9.93. The van der Waals surface area contributed by atoms with E-state index in [1.54, 1.807) is 0 Å². The molecule has 1 aliphatic rings. The van der Waals surface area contributed by atoms with E-state index in [2.05, 4.69) is 26.7 Å². The molecule has 0 amide bonds. The minimum Gasteiger partial charge on any atom is -0.369 e. The second kappa shape index (κ2) is 5.48. The van der Waals surface area contributed by atoms with Crippen molar-refractivity contribution in [2.24, 2.45) is 0 Å². The molecule has 0 spiro atoms. The normalized spacial score (nSPS) is 14.8. The van der Waals surface area contributed by atoms with Gasteiger partial charge in [0.2, 0.25) is 0 Å². The van der Waals surface area contributed by atoms with Crippen LogP contribution in [0.2, 0.25) is 0 Å². The van der Waals surface area contributed by atoms with E-state index in [1.165, 1.54) is 19.3 Å². The van der Waals surface area contributed by atoms with Crippen LogP contribution >= 0.6 is 0 Å². The molecule has 2 N–H and O–H groups in total. The minimum atomic E-state index is 0.481. The van der Waals surface area contributed by atoms with Crippen LogP contribution in [0.15, 0.2) is 6.07 Å². The monoisotopic (exact) mass is 231 g/mol. The molecule has 2 rings (SSSR count). The maximum atomic E-state index is 8.48. The lowest BCUT2D eigenvalue weighted by Gasteiger charge is -2.27. The summed E-state index contributed by atoms with van der Waals surface area (Å²) in [5.41, 5.74) is 0. The van der Waals surface area contributed by atoms with E-state index in [4.69, 9.17) is 5.26 Å². The third-order valence-electron chi connectivity index (χ3n) is 2.84. The Morgan fingerprint density at radius 1 is 1.41 bits per heavy atom. The Kier molecular flexibility index (Phi) is 3.76.